The highest BCUT2D eigenvalue weighted by molar-refractivity contribution is 7.89. The van der Waals surface area contributed by atoms with E-state index in [4.69, 9.17) is 9.47 Å². The standard InChI is InChI=1S/C19H22N2O5S/c1-3-25-18-6-4-5-14-11-16(12-26-19(14)18)21-27(23,24)17-9-7-15(8-10-17)20-13(2)22/h4-10,16,21H,3,11-12H2,1-2H3,(H,20,22). The van der Waals surface area contributed by atoms with Crippen molar-refractivity contribution < 1.29 is 22.7 Å². The van der Waals surface area contributed by atoms with Gasteiger partial charge in [0, 0.05) is 12.6 Å². The first-order valence-electron chi connectivity index (χ1n) is 8.66. The molecule has 0 saturated carbocycles. The Hall–Kier alpha value is -2.58. The largest absolute Gasteiger partial charge is 0.490 e. The number of carbonyl (C=O) groups is 1. The predicted molar refractivity (Wildman–Crippen MR) is 102 cm³/mol. The van der Waals surface area contributed by atoms with Gasteiger partial charge < -0.3 is 14.8 Å². The summed E-state index contributed by atoms with van der Waals surface area (Å²) in [5.41, 5.74) is 1.45. The minimum Gasteiger partial charge on any atom is -0.490 e. The van der Waals surface area contributed by atoms with Crippen LogP contribution in [0.15, 0.2) is 47.4 Å². The van der Waals surface area contributed by atoms with Crippen molar-refractivity contribution in [2.45, 2.75) is 31.2 Å². The molecule has 0 aliphatic carbocycles. The lowest BCUT2D eigenvalue weighted by Gasteiger charge is -2.27. The van der Waals surface area contributed by atoms with E-state index in [-0.39, 0.29) is 23.5 Å². The molecule has 0 aromatic heterocycles. The first-order chi connectivity index (χ1) is 12.9. The maximum absolute atomic E-state index is 12.6. The van der Waals surface area contributed by atoms with Crippen molar-refractivity contribution in [1.29, 1.82) is 0 Å². The van der Waals surface area contributed by atoms with Gasteiger partial charge in [-0.25, -0.2) is 13.1 Å². The van der Waals surface area contributed by atoms with Crippen LogP contribution in [0.5, 0.6) is 11.5 Å². The number of benzene rings is 2. The van der Waals surface area contributed by atoms with E-state index in [2.05, 4.69) is 10.0 Å². The fourth-order valence-electron chi connectivity index (χ4n) is 2.95. The number of anilines is 1. The number of hydrogen-bond acceptors (Lipinski definition) is 5. The Morgan fingerprint density at radius 3 is 2.63 bits per heavy atom. The Bertz CT molecular complexity index is 926. The Morgan fingerprint density at radius 1 is 1.22 bits per heavy atom. The summed E-state index contributed by atoms with van der Waals surface area (Å²) in [6, 6.07) is 11.2. The molecule has 0 radical (unpaired) electrons. The molecule has 8 heteroatoms. The zero-order valence-corrected chi connectivity index (χ0v) is 16.0. The summed E-state index contributed by atoms with van der Waals surface area (Å²) in [6.45, 7) is 4.05. The number of para-hydroxylation sites is 1. The summed E-state index contributed by atoms with van der Waals surface area (Å²) in [7, 11) is -3.70. The quantitative estimate of drug-likeness (QED) is 0.790. The lowest BCUT2D eigenvalue weighted by Crippen LogP contribution is -2.42. The van der Waals surface area contributed by atoms with Crippen molar-refractivity contribution in [2.24, 2.45) is 0 Å². The van der Waals surface area contributed by atoms with Crippen molar-refractivity contribution >= 4 is 21.6 Å². The van der Waals surface area contributed by atoms with E-state index < -0.39 is 10.0 Å². The smallest absolute Gasteiger partial charge is 0.240 e. The number of sulfonamides is 1. The predicted octanol–water partition coefficient (Wildman–Crippen LogP) is 2.33. The number of hydrogen-bond donors (Lipinski definition) is 2. The maximum atomic E-state index is 12.6. The molecule has 144 valence electrons. The SMILES string of the molecule is CCOc1cccc2c1OCC(NS(=O)(=O)c1ccc(NC(C)=O)cc1)C2. The Balaban J connectivity index is 1.72. The number of rotatable bonds is 6. The van der Waals surface area contributed by atoms with Crippen LogP contribution < -0.4 is 19.5 Å². The molecule has 2 N–H and O–H groups in total. The second-order valence-corrected chi connectivity index (χ2v) is 7.93. The first kappa shape index (κ1) is 19.2. The number of carbonyl (C=O) groups excluding carboxylic acids is 1. The number of fused-ring (bicyclic) bond motifs is 1. The molecule has 1 unspecified atom stereocenters. The van der Waals surface area contributed by atoms with Gasteiger partial charge >= 0.3 is 0 Å². The van der Waals surface area contributed by atoms with Crippen LogP contribution in [0, 0.1) is 0 Å². The monoisotopic (exact) mass is 390 g/mol. The van der Waals surface area contributed by atoms with Crippen LogP contribution in [0.4, 0.5) is 5.69 Å². The number of ether oxygens (including phenoxy) is 2. The van der Waals surface area contributed by atoms with Gasteiger partial charge in [-0.3, -0.25) is 4.79 Å². The molecule has 1 heterocycles. The van der Waals surface area contributed by atoms with Gasteiger partial charge in [-0.1, -0.05) is 12.1 Å². The normalized spacial score (nSPS) is 16.1. The van der Waals surface area contributed by atoms with Crippen LogP contribution in [0.2, 0.25) is 0 Å². The fourth-order valence-corrected chi connectivity index (χ4v) is 4.17. The Kier molecular flexibility index (Phi) is 5.67. The van der Waals surface area contributed by atoms with E-state index in [1.165, 1.54) is 19.1 Å². The summed E-state index contributed by atoms with van der Waals surface area (Å²) < 4.78 is 39.3. The van der Waals surface area contributed by atoms with Crippen LogP contribution in [0.1, 0.15) is 19.4 Å². The highest BCUT2D eigenvalue weighted by Gasteiger charge is 2.27. The van der Waals surface area contributed by atoms with Gasteiger partial charge in [-0.2, -0.15) is 0 Å². The first-order valence-corrected chi connectivity index (χ1v) is 10.1. The van der Waals surface area contributed by atoms with Crippen LogP contribution >= 0.6 is 0 Å². The summed E-state index contributed by atoms with van der Waals surface area (Å²) in [5.74, 6) is 1.13. The van der Waals surface area contributed by atoms with E-state index in [1.807, 2.05) is 25.1 Å². The topological polar surface area (TPSA) is 93.7 Å². The van der Waals surface area contributed by atoms with Crippen molar-refractivity contribution in [3.63, 3.8) is 0 Å². The molecule has 1 amide bonds. The second kappa shape index (κ2) is 7.98. The number of nitrogens with one attached hydrogen (secondary N) is 2. The van der Waals surface area contributed by atoms with Gasteiger partial charge in [0.2, 0.25) is 15.9 Å². The fraction of sp³-hybridized carbons (Fsp3) is 0.316. The summed E-state index contributed by atoms with van der Waals surface area (Å²) >= 11 is 0. The molecule has 0 spiro atoms. The molecule has 7 nitrogen and oxygen atoms in total. The van der Waals surface area contributed by atoms with E-state index in [1.54, 1.807) is 12.1 Å². The third-order valence-electron chi connectivity index (χ3n) is 4.06. The summed E-state index contributed by atoms with van der Waals surface area (Å²) in [5, 5.41) is 2.61. The average molecular weight is 390 g/mol. The third kappa shape index (κ3) is 4.58. The molecule has 0 bridgehead atoms. The molecule has 1 aliphatic heterocycles. The van der Waals surface area contributed by atoms with Gasteiger partial charge in [0.1, 0.15) is 6.61 Å². The highest BCUT2D eigenvalue weighted by Crippen LogP contribution is 2.35. The van der Waals surface area contributed by atoms with Crippen molar-refractivity contribution in [2.75, 3.05) is 18.5 Å². The zero-order chi connectivity index (χ0) is 19.4. The Labute approximate surface area is 158 Å². The van der Waals surface area contributed by atoms with Gasteiger partial charge in [-0.15, -0.1) is 0 Å². The minimum atomic E-state index is -3.70. The van der Waals surface area contributed by atoms with Crippen molar-refractivity contribution in [3.05, 3.63) is 48.0 Å². The minimum absolute atomic E-state index is 0.130. The van der Waals surface area contributed by atoms with E-state index >= 15 is 0 Å². The molecule has 0 saturated heterocycles. The van der Waals surface area contributed by atoms with Crippen LogP contribution in [-0.2, 0) is 21.2 Å². The van der Waals surface area contributed by atoms with Crippen LogP contribution in [0.25, 0.3) is 0 Å². The maximum Gasteiger partial charge on any atom is 0.240 e. The van der Waals surface area contributed by atoms with E-state index in [0.29, 0.717) is 30.2 Å². The summed E-state index contributed by atoms with van der Waals surface area (Å²) in [6.07, 6.45) is 0.513. The molecule has 0 fully saturated rings. The summed E-state index contributed by atoms with van der Waals surface area (Å²) in [4.78, 5) is 11.2. The van der Waals surface area contributed by atoms with Gasteiger partial charge in [0.25, 0.3) is 0 Å². The number of amides is 1. The van der Waals surface area contributed by atoms with Gasteiger partial charge in [0.15, 0.2) is 11.5 Å². The second-order valence-electron chi connectivity index (χ2n) is 6.22. The average Bonchev–Trinajstić information content (AvgIpc) is 2.61. The molecule has 2 aromatic carbocycles. The molecule has 27 heavy (non-hydrogen) atoms. The lowest BCUT2D eigenvalue weighted by atomic mass is 10.0. The Morgan fingerprint density at radius 2 is 1.96 bits per heavy atom. The zero-order valence-electron chi connectivity index (χ0n) is 15.2. The molecule has 1 atom stereocenters. The molecule has 2 aromatic rings. The lowest BCUT2D eigenvalue weighted by molar-refractivity contribution is -0.114. The van der Waals surface area contributed by atoms with Gasteiger partial charge in [-0.05, 0) is 49.2 Å². The third-order valence-corrected chi connectivity index (χ3v) is 5.60. The molecular weight excluding hydrogens is 368 g/mol. The molecule has 1 aliphatic rings. The molecule has 3 rings (SSSR count). The van der Waals surface area contributed by atoms with E-state index in [0.717, 1.165) is 5.56 Å². The highest BCUT2D eigenvalue weighted by atomic mass is 32.2. The van der Waals surface area contributed by atoms with Gasteiger partial charge in [0.05, 0.1) is 17.5 Å². The van der Waals surface area contributed by atoms with Crippen LogP contribution in [0.3, 0.4) is 0 Å². The van der Waals surface area contributed by atoms with Crippen molar-refractivity contribution in [1.82, 2.24) is 4.72 Å². The molecular formula is C19H22N2O5S. The van der Waals surface area contributed by atoms with E-state index in [9.17, 15) is 13.2 Å². The van der Waals surface area contributed by atoms with Crippen molar-refractivity contribution in [3.8, 4) is 11.5 Å². The van der Waals surface area contributed by atoms with Crippen LogP contribution in [-0.4, -0.2) is 33.6 Å².